The highest BCUT2D eigenvalue weighted by Crippen LogP contribution is 2.52. The highest BCUT2D eigenvalue weighted by Gasteiger charge is 2.39. The van der Waals surface area contributed by atoms with Crippen LogP contribution in [0.4, 0.5) is 5.69 Å². The summed E-state index contributed by atoms with van der Waals surface area (Å²) in [5.74, 6) is 0.400. The molecule has 5 rings (SSSR count). The van der Waals surface area contributed by atoms with Crippen LogP contribution in [0.3, 0.4) is 0 Å². The van der Waals surface area contributed by atoms with Crippen molar-refractivity contribution < 1.29 is 0 Å². The average molecular weight is 380 g/mol. The molecule has 29 heavy (non-hydrogen) atoms. The van der Waals surface area contributed by atoms with E-state index in [1.807, 2.05) is 0 Å². The molecule has 1 unspecified atom stereocenters. The number of allylic oxidation sites excluding steroid dienone is 5. The molecule has 1 atom stereocenters. The number of hydrogen-bond donors (Lipinski definition) is 0. The summed E-state index contributed by atoms with van der Waals surface area (Å²) < 4.78 is 0. The summed E-state index contributed by atoms with van der Waals surface area (Å²) in [6, 6.07) is 13.6. The van der Waals surface area contributed by atoms with E-state index in [0.29, 0.717) is 5.92 Å². The molecule has 2 aromatic carbocycles. The smallest absolute Gasteiger partial charge is 0.0750 e. The Morgan fingerprint density at radius 2 is 1.59 bits per heavy atom. The van der Waals surface area contributed by atoms with E-state index in [4.69, 9.17) is 4.99 Å². The fourth-order valence-electron chi connectivity index (χ4n) is 5.87. The molecule has 0 N–H and O–H groups in total. The fraction of sp³-hybridized carbons (Fsp3) is 0.321. The highest BCUT2D eigenvalue weighted by atomic mass is 14.8. The molecule has 3 aliphatic rings. The predicted molar refractivity (Wildman–Crippen MR) is 125 cm³/mol. The summed E-state index contributed by atoms with van der Waals surface area (Å²) in [5.41, 5.74) is 16.1. The molecule has 1 heterocycles. The van der Waals surface area contributed by atoms with Crippen LogP contribution in [0.15, 0.2) is 63.7 Å². The Labute approximate surface area is 174 Å². The normalized spacial score (nSPS) is 20.0. The van der Waals surface area contributed by atoms with Crippen LogP contribution in [-0.4, -0.2) is 5.71 Å². The maximum absolute atomic E-state index is 5.02. The van der Waals surface area contributed by atoms with Gasteiger partial charge in [0.1, 0.15) is 0 Å². The molecule has 2 aromatic rings. The second-order valence-corrected chi connectivity index (χ2v) is 9.57. The van der Waals surface area contributed by atoms with Crippen LogP contribution in [0.25, 0.3) is 11.6 Å². The molecule has 0 fully saturated rings. The van der Waals surface area contributed by atoms with Crippen LogP contribution in [0, 0.1) is 6.92 Å². The molecule has 1 aliphatic heterocycles. The largest absolute Gasteiger partial charge is 0.247 e. The number of benzene rings is 2. The zero-order chi connectivity index (χ0) is 20.7. The summed E-state index contributed by atoms with van der Waals surface area (Å²) in [4.78, 5) is 5.02. The lowest BCUT2D eigenvalue weighted by Gasteiger charge is -2.36. The SMILES string of the molecule is CC1=Cc2ccccc2C1C(C)(C)c1cc2c(cc1C)N=C1C(C)=C(C)C(C)=C12. The topological polar surface area (TPSA) is 12.4 Å². The molecule has 0 saturated carbocycles. The van der Waals surface area contributed by atoms with E-state index in [2.05, 4.69) is 90.9 Å². The minimum absolute atomic E-state index is 0.000357. The van der Waals surface area contributed by atoms with Gasteiger partial charge in [-0.15, -0.1) is 0 Å². The van der Waals surface area contributed by atoms with Gasteiger partial charge in [-0.2, -0.15) is 0 Å². The van der Waals surface area contributed by atoms with Gasteiger partial charge in [-0.25, -0.2) is 4.99 Å². The summed E-state index contributed by atoms with van der Waals surface area (Å²) in [6.45, 7) is 16.0. The van der Waals surface area contributed by atoms with E-state index >= 15 is 0 Å². The predicted octanol–water partition coefficient (Wildman–Crippen LogP) is 7.68. The minimum atomic E-state index is -0.000357. The minimum Gasteiger partial charge on any atom is -0.247 e. The van der Waals surface area contributed by atoms with Gasteiger partial charge in [0, 0.05) is 22.5 Å². The zero-order valence-corrected chi connectivity index (χ0v) is 18.6. The first-order chi connectivity index (χ1) is 13.7. The van der Waals surface area contributed by atoms with Crippen molar-refractivity contribution in [3.05, 3.63) is 86.5 Å². The Morgan fingerprint density at radius 1 is 0.862 bits per heavy atom. The van der Waals surface area contributed by atoms with Gasteiger partial charge in [0.25, 0.3) is 0 Å². The average Bonchev–Trinajstić information content (AvgIpc) is 3.27. The van der Waals surface area contributed by atoms with Crippen LogP contribution < -0.4 is 0 Å². The first kappa shape index (κ1) is 18.4. The van der Waals surface area contributed by atoms with E-state index in [-0.39, 0.29) is 5.41 Å². The van der Waals surface area contributed by atoms with E-state index in [0.717, 1.165) is 5.69 Å². The third-order valence-electron chi connectivity index (χ3n) is 7.50. The lowest BCUT2D eigenvalue weighted by atomic mass is 9.67. The third-order valence-corrected chi connectivity index (χ3v) is 7.50. The number of nitrogens with zero attached hydrogens (tertiary/aromatic N) is 1. The number of aryl methyl sites for hydroxylation is 1. The van der Waals surface area contributed by atoms with Crippen molar-refractivity contribution in [2.24, 2.45) is 4.99 Å². The monoisotopic (exact) mass is 379 g/mol. The van der Waals surface area contributed by atoms with E-state index < -0.39 is 0 Å². The number of rotatable bonds is 2. The molecule has 0 saturated heterocycles. The summed E-state index contributed by atoms with van der Waals surface area (Å²) in [6.07, 6.45) is 2.37. The lowest BCUT2D eigenvalue weighted by molar-refractivity contribution is 0.456. The maximum atomic E-state index is 5.02. The Morgan fingerprint density at radius 3 is 2.34 bits per heavy atom. The highest BCUT2D eigenvalue weighted by molar-refractivity contribution is 6.39. The summed E-state index contributed by atoms with van der Waals surface area (Å²) in [5, 5.41) is 0. The van der Waals surface area contributed by atoms with E-state index in [9.17, 15) is 0 Å². The van der Waals surface area contributed by atoms with Gasteiger partial charge < -0.3 is 0 Å². The Balaban J connectivity index is 1.66. The molecular formula is C28H29N. The Kier molecular flexibility index (Phi) is 3.75. The second kappa shape index (κ2) is 5.92. The van der Waals surface area contributed by atoms with Gasteiger partial charge in [-0.1, -0.05) is 49.8 Å². The van der Waals surface area contributed by atoms with Crippen molar-refractivity contribution in [1.29, 1.82) is 0 Å². The number of fused-ring (bicyclic) bond motifs is 4. The van der Waals surface area contributed by atoms with E-state index in [1.54, 1.807) is 0 Å². The van der Waals surface area contributed by atoms with Gasteiger partial charge in [0.05, 0.1) is 11.4 Å². The van der Waals surface area contributed by atoms with Gasteiger partial charge >= 0.3 is 0 Å². The lowest BCUT2D eigenvalue weighted by Crippen LogP contribution is -2.28. The standard InChI is InChI=1S/C28H29N/c1-15-13-24-22(25-18(4)17(3)19(5)27(25)29-24)14-23(15)28(6,7)26-16(2)12-20-10-8-9-11-21(20)26/h8-14,26H,1-7H3. The quantitative estimate of drug-likeness (QED) is 0.507. The summed E-state index contributed by atoms with van der Waals surface area (Å²) >= 11 is 0. The first-order valence-corrected chi connectivity index (χ1v) is 10.6. The van der Waals surface area contributed by atoms with Gasteiger partial charge in [0.2, 0.25) is 0 Å². The van der Waals surface area contributed by atoms with Crippen LogP contribution in [0.5, 0.6) is 0 Å². The van der Waals surface area contributed by atoms with Crippen molar-refractivity contribution in [3.8, 4) is 0 Å². The van der Waals surface area contributed by atoms with Gasteiger partial charge in [-0.3, -0.25) is 0 Å². The van der Waals surface area contributed by atoms with Crippen molar-refractivity contribution in [2.45, 2.75) is 59.8 Å². The molecule has 0 bridgehead atoms. The molecule has 0 amide bonds. The van der Waals surface area contributed by atoms with Crippen molar-refractivity contribution in [3.63, 3.8) is 0 Å². The Bertz CT molecular complexity index is 1210. The molecule has 0 radical (unpaired) electrons. The Hall–Kier alpha value is -2.67. The second-order valence-electron chi connectivity index (χ2n) is 9.57. The van der Waals surface area contributed by atoms with Gasteiger partial charge in [0.15, 0.2) is 0 Å². The van der Waals surface area contributed by atoms with Crippen LogP contribution >= 0.6 is 0 Å². The van der Waals surface area contributed by atoms with Crippen molar-refractivity contribution in [2.75, 3.05) is 0 Å². The van der Waals surface area contributed by atoms with Crippen LogP contribution in [0.2, 0.25) is 0 Å². The third kappa shape index (κ3) is 2.37. The molecule has 1 nitrogen and oxygen atoms in total. The maximum Gasteiger partial charge on any atom is 0.0750 e. The van der Waals surface area contributed by atoms with Gasteiger partial charge in [-0.05, 0) is 85.7 Å². The number of hydrogen-bond acceptors (Lipinski definition) is 1. The summed E-state index contributed by atoms with van der Waals surface area (Å²) in [7, 11) is 0. The van der Waals surface area contributed by atoms with E-state index in [1.165, 1.54) is 61.4 Å². The number of aliphatic imine (C=N–C) groups is 1. The molecule has 1 heteroatoms. The van der Waals surface area contributed by atoms with Crippen molar-refractivity contribution >= 4 is 23.0 Å². The molecule has 0 aromatic heterocycles. The van der Waals surface area contributed by atoms with Crippen LogP contribution in [0.1, 0.15) is 75.3 Å². The molecule has 2 aliphatic carbocycles. The molecule has 146 valence electrons. The van der Waals surface area contributed by atoms with Crippen molar-refractivity contribution in [1.82, 2.24) is 0 Å². The van der Waals surface area contributed by atoms with Crippen LogP contribution in [-0.2, 0) is 5.41 Å². The zero-order valence-electron chi connectivity index (χ0n) is 18.6. The molecular weight excluding hydrogens is 350 g/mol. The first-order valence-electron chi connectivity index (χ1n) is 10.6. The molecule has 0 spiro atoms. The fourth-order valence-corrected chi connectivity index (χ4v) is 5.87.